The summed E-state index contributed by atoms with van der Waals surface area (Å²) in [6, 6.07) is 0. The van der Waals surface area contributed by atoms with Gasteiger partial charge in [0.1, 0.15) is 7.85 Å². The van der Waals surface area contributed by atoms with E-state index < -0.39 is 0 Å². The fraction of sp³-hybridized carbons (Fsp3) is 1.00. The van der Waals surface area contributed by atoms with Crippen molar-refractivity contribution in [1.82, 2.24) is 0 Å². The Bertz CT molecular complexity index is 287. The first-order valence-electron chi connectivity index (χ1n) is 8.40. The van der Waals surface area contributed by atoms with Crippen LogP contribution in [0.4, 0.5) is 0 Å². The topological polar surface area (TPSA) is 0 Å². The largest absolute Gasteiger partial charge is 0.106 e. The van der Waals surface area contributed by atoms with Crippen molar-refractivity contribution in [3.63, 3.8) is 0 Å². The van der Waals surface area contributed by atoms with E-state index >= 15 is 0 Å². The Morgan fingerprint density at radius 3 is 2.00 bits per heavy atom. The van der Waals surface area contributed by atoms with Crippen LogP contribution in [-0.2, 0) is 0 Å². The van der Waals surface area contributed by atoms with Gasteiger partial charge in [0.2, 0.25) is 0 Å². The molecule has 0 bridgehead atoms. The highest BCUT2D eigenvalue weighted by Crippen LogP contribution is 2.58. The molecule has 104 valence electrons. The molecule has 2 aliphatic carbocycles. The number of rotatable bonds is 2. The summed E-state index contributed by atoms with van der Waals surface area (Å²) in [5.74, 6) is 8.68. The fourth-order valence-corrected chi connectivity index (χ4v) is 5.69. The Labute approximate surface area is 116 Å². The summed E-state index contributed by atoms with van der Waals surface area (Å²) in [5, 5.41) is 0. The van der Waals surface area contributed by atoms with Gasteiger partial charge in [-0.1, -0.05) is 53.8 Å². The molecule has 0 aromatic heterocycles. The van der Waals surface area contributed by atoms with Gasteiger partial charge in [0.25, 0.3) is 0 Å². The molecular weight excluding hydrogens is 215 g/mol. The zero-order valence-electron chi connectivity index (χ0n) is 13.6. The summed E-state index contributed by atoms with van der Waals surface area (Å²) < 4.78 is 0. The van der Waals surface area contributed by atoms with E-state index in [-0.39, 0.29) is 0 Å². The maximum Gasteiger partial charge on any atom is 0.106 e. The highest BCUT2D eigenvalue weighted by atomic mass is 14.6. The summed E-state index contributed by atoms with van der Waals surface area (Å²) in [5.41, 5.74) is 0. The van der Waals surface area contributed by atoms with Crippen molar-refractivity contribution in [2.45, 2.75) is 60.2 Å². The standard InChI is InChI=1S/C17H33B/c1-7-14-11(4)12(5)16(14)15-9(2)8-10(3)17(18)13(15)6/h9-17H,7-8,18H2,1-6H3/t9-,10-,11+,12-,13-,14+,15-,16?,17-/m0/s1. The van der Waals surface area contributed by atoms with Gasteiger partial charge in [-0.3, -0.25) is 0 Å². The van der Waals surface area contributed by atoms with Gasteiger partial charge in [0, 0.05) is 0 Å². The average Bonchev–Trinajstić information content (AvgIpc) is 2.34. The Kier molecular flexibility index (Phi) is 4.19. The molecule has 0 radical (unpaired) electrons. The smallest absolute Gasteiger partial charge is 0.0651 e. The molecule has 1 unspecified atom stereocenters. The van der Waals surface area contributed by atoms with E-state index in [0.717, 1.165) is 53.2 Å². The predicted octanol–water partition coefficient (Wildman–Crippen LogP) is 4.26. The quantitative estimate of drug-likeness (QED) is 0.640. The van der Waals surface area contributed by atoms with E-state index in [4.69, 9.17) is 0 Å². The second-order valence-electron chi connectivity index (χ2n) is 7.85. The summed E-state index contributed by atoms with van der Waals surface area (Å²) >= 11 is 0. The lowest BCUT2D eigenvalue weighted by Crippen LogP contribution is -2.52. The molecule has 0 nitrogen and oxygen atoms in total. The SMILES string of the molecule is B[C@@H]1[C@@H](C)[C@@H](C2[C@@H](C)[C@@H](C)[C@H]2CC)[C@@H](C)C[C@@H]1C. The summed E-state index contributed by atoms with van der Waals surface area (Å²) in [7, 11) is 2.50. The molecule has 0 amide bonds. The van der Waals surface area contributed by atoms with Gasteiger partial charge in [-0.15, -0.1) is 0 Å². The summed E-state index contributed by atoms with van der Waals surface area (Å²) in [6.07, 6.45) is 2.86. The van der Waals surface area contributed by atoms with E-state index in [1.165, 1.54) is 12.8 Å². The fourth-order valence-electron chi connectivity index (χ4n) is 5.69. The number of hydrogen-bond acceptors (Lipinski definition) is 0. The average molecular weight is 248 g/mol. The van der Waals surface area contributed by atoms with Crippen molar-refractivity contribution < 1.29 is 0 Å². The van der Waals surface area contributed by atoms with E-state index in [0.29, 0.717) is 0 Å². The predicted molar refractivity (Wildman–Crippen MR) is 83.5 cm³/mol. The Morgan fingerprint density at radius 2 is 1.44 bits per heavy atom. The minimum Gasteiger partial charge on any atom is -0.0651 e. The molecule has 1 heteroatoms. The molecule has 2 aliphatic rings. The van der Waals surface area contributed by atoms with Crippen LogP contribution in [0.1, 0.15) is 54.4 Å². The van der Waals surface area contributed by atoms with Crippen molar-refractivity contribution in [2.24, 2.45) is 47.3 Å². The molecule has 0 heterocycles. The molecule has 2 saturated carbocycles. The highest BCUT2D eigenvalue weighted by Gasteiger charge is 2.52. The second-order valence-corrected chi connectivity index (χ2v) is 7.85. The molecule has 2 rings (SSSR count). The van der Waals surface area contributed by atoms with Crippen molar-refractivity contribution in [2.75, 3.05) is 0 Å². The lowest BCUT2D eigenvalue weighted by molar-refractivity contribution is -0.0901. The normalized spacial score (nSPS) is 57.1. The molecule has 0 aromatic rings. The lowest BCUT2D eigenvalue weighted by atomic mass is 9.45. The first-order valence-corrected chi connectivity index (χ1v) is 8.40. The monoisotopic (exact) mass is 248 g/mol. The first kappa shape index (κ1) is 14.5. The van der Waals surface area contributed by atoms with Crippen molar-refractivity contribution in [1.29, 1.82) is 0 Å². The molecule has 9 atom stereocenters. The minimum atomic E-state index is 0.923. The van der Waals surface area contributed by atoms with Crippen molar-refractivity contribution >= 4 is 7.85 Å². The minimum absolute atomic E-state index is 0.923. The highest BCUT2D eigenvalue weighted by molar-refractivity contribution is 6.12. The van der Waals surface area contributed by atoms with Crippen molar-refractivity contribution in [3.05, 3.63) is 0 Å². The maximum absolute atomic E-state index is 2.55. The lowest BCUT2D eigenvalue weighted by Gasteiger charge is -2.58. The summed E-state index contributed by atoms with van der Waals surface area (Å²) in [4.78, 5) is 0. The molecule has 0 N–H and O–H groups in total. The van der Waals surface area contributed by atoms with E-state index in [9.17, 15) is 0 Å². The van der Waals surface area contributed by atoms with E-state index in [1.54, 1.807) is 0 Å². The summed E-state index contributed by atoms with van der Waals surface area (Å²) in [6.45, 7) is 15.0. The maximum atomic E-state index is 2.55. The number of hydrogen-bond donors (Lipinski definition) is 0. The van der Waals surface area contributed by atoms with Gasteiger partial charge in [-0.25, -0.2) is 0 Å². The Morgan fingerprint density at radius 1 is 0.833 bits per heavy atom. The van der Waals surface area contributed by atoms with Gasteiger partial charge in [0.15, 0.2) is 0 Å². The molecule has 2 fully saturated rings. The zero-order valence-corrected chi connectivity index (χ0v) is 13.6. The van der Waals surface area contributed by atoms with Crippen LogP contribution in [-0.4, -0.2) is 7.85 Å². The van der Waals surface area contributed by atoms with E-state index in [1.807, 2.05) is 0 Å². The van der Waals surface area contributed by atoms with Crippen LogP contribution in [0.15, 0.2) is 0 Å². The van der Waals surface area contributed by atoms with Crippen LogP contribution in [0.25, 0.3) is 0 Å². The van der Waals surface area contributed by atoms with Crippen molar-refractivity contribution in [3.8, 4) is 0 Å². The third-order valence-electron chi connectivity index (χ3n) is 7.26. The second kappa shape index (κ2) is 5.21. The molecule has 0 saturated heterocycles. The Balaban J connectivity index is 2.16. The zero-order chi connectivity index (χ0) is 13.6. The molecule has 0 aromatic carbocycles. The van der Waals surface area contributed by atoms with Crippen LogP contribution in [0.2, 0.25) is 5.82 Å². The van der Waals surface area contributed by atoms with Crippen LogP contribution in [0.3, 0.4) is 0 Å². The van der Waals surface area contributed by atoms with Gasteiger partial charge < -0.3 is 0 Å². The van der Waals surface area contributed by atoms with Crippen LogP contribution >= 0.6 is 0 Å². The Hall–Kier alpha value is 0.0649. The van der Waals surface area contributed by atoms with Gasteiger partial charge in [0.05, 0.1) is 0 Å². The van der Waals surface area contributed by atoms with Gasteiger partial charge >= 0.3 is 0 Å². The molecule has 18 heavy (non-hydrogen) atoms. The van der Waals surface area contributed by atoms with Gasteiger partial charge in [-0.05, 0) is 53.8 Å². The van der Waals surface area contributed by atoms with E-state index in [2.05, 4.69) is 49.4 Å². The van der Waals surface area contributed by atoms with Crippen LogP contribution in [0, 0.1) is 47.3 Å². The first-order chi connectivity index (χ1) is 8.40. The molecular formula is C17H33B. The van der Waals surface area contributed by atoms with Crippen LogP contribution in [0.5, 0.6) is 0 Å². The molecule has 0 spiro atoms. The van der Waals surface area contributed by atoms with Gasteiger partial charge in [-0.2, -0.15) is 0 Å². The third-order valence-corrected chi connectivity index (χ3v) is 7.26. The molecule has 0 aliphatic heterocycles. The third kappa shape index (κ3) is 2.06. The van der Waals surface area contributed by atoms with Crippen LogP contribution < -0.4 is 0 Å².